The molecule has 0 spiro atoms. The number of carbonyl (C=O) groups is 1. The molecule has 1 N–H and O–H groups in total. The third-order valence-corrected chi connectivity index (χ3v) is 2.10. The highest BCUT2D eigenvalue weighted by Crippen LogP contribution is 2.15. The average molecular weight is 245 g/mol. The van der Waals surface area contributed by atoms with Crippen LogP contribution in [0.4, 0.5) is 0 Å². The predicted octanol–water partition coefficient (Wildman–Crippen LogP) is 1.51. The summed E-state index contributed by atoms with van der Waals surface area (Å²) in [6.07, 6.45) is 1.47. The largest absolute Gasteiger partial charge is 0.479 e. The summed E-state index contributed by atoms with van der Waals surface area (Å²) in [4.78, 5) is 15.4. The Kier molecular flexibility index (Phi) is 4.37. The third-order valence-electron chi connectivity index (χ3n) is 1.91. The third kappa shape index (κ3) is 2.76. The Bertz CT molecular complexity index is 386. The van der Waals surface area contributed by atoms with Gasteiger partial charge in [0, 0.05) is 6.20 Å². The highest BCUT2D eigenvalue weighted by molar-refractivity contribution is 6.30. The molecule has 0 aromatic heterocycles. The lowest BCUT2D eigenvalue weighted by Crippen LogP contribution is -2.25. The van der Waals surface area contributed by atoms with E-state index in [1.54, 1.807) is 13.8 Å². The molecule has 0 fully saturated rings. The molecule has 0 aromatic carbocycles. The maximum atomic E-state index is 11.5. The van der Waals surface area contributed by atoms with Gasteiger partial charge in [0.15, 0.2) is 0 Å². The smallest absolute Gasteiger partial charge is 0.336 e. The van der Waals surface area contributed by atoms with E-state index in [9.17, 15) is 4.79 Å². The standard InChI is InChI=1S/C10H13ClN2O3/c1-4-16-10(14)6(2)8-9(15-3)13-7(11)5-12-8/h5,12H,4H2,1-3H3/b8-6+. The molecular weight excluding hydrogens is 232 g/mol. The number of carbonyl (C=O) groups excluding carboxylic acids is 1. The SMILES string of the molecule is CCOC(=O)/C(C)=C1/NC=C(Cl)N=C1OC. The Morgan fingerprint density at radius 1 is 1.62 bits per heavy atom. The number of methoxy groups -OCH3 is 1. The van der Waals surface area contributed by atoms with Gasteiger partial charge in [-0.2, -0.15) is 4.99 Å². The number of hydrogen-bond acceptors (Lipinski definition) is 5. The van der Waals surface area contributed by atoms with Gasteiger partial charge in [-0.05, 0) is 13.8 Å². The molecule has 0 radical (unpaired) electrons. The van der Waals surface area contributed by atoms with Crippen molar-refractivity contribution >= 4 is 23.5 Å². The van der Waals surface area contributed by atoms with Crippen molar-refractivity contribution in [2.24, 2.45) is 4.99 Å². The number of halogens is 1. The summed E-state index contributed by atoms with van der Waals surface area (Å²) < 4.78 is 9.90. The molecule has 0 saturated carbocycles. The van der Waals surface area contributed by atoms with Crippen LogP contribution in [0.2, 0.25) is 0 Å². The molecule has 0 atom stereocenters. The number of nitrogens with zero attached hydrogens (tertiary/aromatic N) is 1. The average Bonchev–Trinajstić information content (AvgIpc) is 2.28. The van der Waals surface area contributed by atoms with Crippen LogP contribution in [0, 0.1) is 0 Å². The van der Waals surface area contributed by atoms with Gasteiger partial charge in [-0.3, -0.25) is 0 Å². The minimum Gasteiger partial charge on any atom is -0.479 e. The minimum atomic E-state index is -0.416. The molecule has 1 aliphatic rings. The van der Waals surface area contributed by atoms with Gasteiger partial charge in [-0.25, -0.2) is 4.79 Å². The van der Waals surface area contributed by atoms with Crippen LogP contribution in [0.15, 0.2) is 27.6 Å². The van der Waals surface area contributed by atoms with Gasteiger partial charge in [0.05, 0.1) is 19.3 Å². The van der Waals surface area contributed by atoms with Crippen LogP contribution in [0.1, 0.15) is 13.8 Å². The highest BCUT2D eigenvalue weighted by Gasteiger charge is 2.19. The van der Waals surface area contributed by atoms with Gasteiger partial charge in [-0.15, -0.1) is 0 Å². The van der Waals surface area contributed by atoms with Crippen molar-refractivity contribution in [3.63, 3.8) is 0 Å². The number of hydrogen-bond donors (Lipinski definition) is 1. The van der Waals surface area contributed by atoms with Gasteiger partial charge in [0.1, 0.15) is 10.9 Å². The van der Waals surface area contributed by atoms with Gasteiger partial charge in [-0.1, -0.05) is 11.6 Å². The van der Waals surface area contributed by atoms with Crippen molar-refractivity contribution in [1.82, 2.24) is 5.32 Å². The maximum Gasteiger partial charge on any atom is 0.336 e. The quantitative estimate of drug-likeness (QED) is 0.454. The van der Waals surface area contributed by atoms with E-state index in [1.165, 1.54) is 13.3 Å². The fraction of sp³-hybridized carbons (Fsp3) is 0.400. The van der Waals surface area contributed by atoms with E-state index in [1.807, 2.05) is 0 Å². The molecule has 0 saturated heterocycles. The number of rotatable bonds is 2. The summed E-state index contributed by atoms with van der Waals surface area (Å²) in [5, 5.41) is 3.10. The first-order valence-electron chi connectivity index (χ1n) is 4.73. The van der Waals surface area contributed by atoms with E-state index < -0.39 is 5.97 Å². The van der Waals surface area contributed by atoms with Crippen molar-refractivity contribution in [1.29, 1.82) is 0 Å². The molecule has 1 aliphatic heterocycles. The monoisotopic (exact) mass is 244 g/mol. The molecule has 1 rings (SSSR count). The topological polar surface area (TPSA) is 59.9 Å². The molecule has 0 amide bonds. The summed E-state index contributed by atoms with van der Waals surface area (Å²) >= 11 is 5.69. The van der Waals surface area contributed by atoms with Gasteiger partial charge >= 0.3 is 5.97 Å². The Morgan fingerprint density at radius 2 is 2.31 bits per heavy atom. The van der Waals surface area contributed by atoms with E-state index in [0.29, 0.717) is 17.9 Å². The van der Waals surface area contributed by atoms with Crippen LogP contribution < -0.4 is 5.32 Å². The first-order chi connectivity index (χ1) is 7.60. The zero-order valence-electron chi connectivity index (χ0n) is 9.33. The molecule has 1 heterocycles. The van der Waals surface area contributed by atoms with Crippen LogP contribution in [-0.4, -0.2) is 25.6 Å². The number of ether oxygens (including phenoxy) is 2. The minimum absolute atomic E-state index is 0.261. The Labute approximate surface area is 98.8 Å². The second-order valence-electron chi connectivity index (χ2n) is 2.95. The van der Waals surface area contributed by atoms with Gasteiger partial charge in [0.25, 0.3) is 0 Å². The first-order valence-corrected chi connectivity index (χ1v) is 5.11. The molecule has 6 heteroatoms. The van der Waals surface area contributed by atoms with Gasteiger partial charge < -0.3 is 14.8 Å². The number of aliphatic imine (C=N–C) groups is 1. The van der Waals surface area contributed by atoms with Crippen LogP contribution in [-0.2, 0) is 14.3 Å². The highest BCUT2D eigenvalue weighted by atomic mass is 35.5. The van der Waals surface area contributed by atoms with Crippen LogP contribution in [0.3, 0.4) is 0 Å². The Balaban J connectivity index is 3.00. The van der Waals surface area contributed by atoms with E-state index in [4.69, 9.17) is 21.1 Å². The lowest BCUT2D eigenvalue weighted by atomic mass is 10.2. The van der Waals surface area contributed by atoms with Crippen molar-refractivity contribution < 1.29 is 14.3 Å². The van der Waals surface area contributed by atoms with Crippen LogP contribution >= 0.6 is 11.6 Å². The zero-order valence-corrected chi connectivity index (χ0v) is 10.1. The fourth-order valence-corrected chi connectivity index (χ4v) is 1.27. The van der Waals surface area contributed by atoms with Crippen molar-refractivity contribution in [2.75, 3.05) is 13.7 Å². The number of nitrogens with one attached hydrogen (secondary N) is 1. The van der Waals surface area contributed by atoms with Crippen molar-refractivity contribution in [3.8, 4) is 0 Å². The second-order valence-corrected chi connectivity index (χ2v) is 3.34. The Morgan fingerprint density at radius 3 is 2.88 bits per heavy atom. The molecular formula is C10H13ClN2O3. The zero-order chi connectivity index (χ0) is 12.1. The summed E-state index contributed by atoms with van der Waals surface area (Å²) in [5.41, 5.74) is 0.855. The second kappa shape index (κ2) is 5.55. The van der Waals surface area contributed by atoms with Crippen molar-refractivity contribution in [3.05, 3.63) is 22.6 Å². The van der Waals surface area contributed by atoms with E-state index in [-0.39, 0.29) is 11.1 Å². The molecule has 0 bridgehead atoms. The maximum absolute atomic E-state index is 11.5. The van der Waals surface area contributed by atoms with Crippen molar-refractivity contribution in [2.45, 2.75) is 13.8 Å². The van der Waals surface area contributed by atoms with E-state index in [0.717, 1.165) is 0 Å². The number of esters is 1. The lowest BCUT2D eigenvalue weighted by molar-refractivity contribution is -0.138. The van der Waals surface area contributed by atoms with E-state index in [2.05, 4.69) is 10.3 Å². The Hall–Kier alpha value is -1.49. The van der Waals surface area contributed by atoms with Crippen LogP contribution in [0.5, 0.6) is 0 Å². The summed E-state index contributed by atoms with van der Waals surface area (Å²) in [6.45, 7) is 3.69. The lowest BCUT2D eigenvalue weighted by Gasteiger charge is -2.16. The van der Waals surface area contributed by atoms with E-state index >= 15 is 0 Å². The predicted molar refractivity (Wildman–Crippen MR) is 60.8 cm³/mol. The summed E-state index contributed by atoms with van der Waals surface area (Å²) in [7, 11) is 1.45. The summed E-state index contributed by atoms with van der Waals surface area (Å²) in [5.74, 6) is -0.153. The molecule has 5 nitrogen and oxygen atoms in total. The fourth-order valence-electron chi connectivity index (χ4n) is 1.14. The molecule has 88 valence electrons. The molecule has 16 heavy (non-hydrogen) atoms. The summed E-state index contributed by atoms with van der Waals surface area (Å²) in [6, 6.07) is 0. The molecule has 0 aliphatic carbocycles. The normalized spacial score (nSPS) is 18.0. The van der Waals surface area contributed by atoms with Gasteiger partial charge in [0.2, 0.25) is 5.90 Å². The molecule has 0 aromatic rings. The first kappa shape index (κ1) is 12.6. The molecule has 0 unspecified atom stereocenters. The van der Waals surface area contributed by atoms with Crippen LogP contribution in [0.25, 0.3) is 0 Å².